The van der Waals surface area contributed by atoms with Gasteiger partial charge in [0.05, 0.1) is 0 Å². The van der Waals surface area contributed by atoms with Gasteiger partial charge >= 0.3 is 17.9 Å². The maximum atomic E-state index is 12.9. The van der Waals surface area contributed by atoms with Crippen molar-refractivity contribution in [3.63, 3.8) is 0 Å². The molecule has 438 valence electrons. The number of carbonyl (C=O) groups excluding carboxylic acids is 3. The van der Waals surface area contributed by atoms with E-state index in [1.165, 1.54) is 283 Å². The molecule has 0 aromatic carbocycles. The van der Waals surface area contributed by atoms with Crippen LogP contribution >= 0.6 is 0 Å². The van der Waals surface area contributed by atoms with Crippen molar-refractivity contribution in [2.75, 3.05) is 13.2 Å². The molecule has 6 nitrogen and oxygen atoms in total. The zero-order valence-corrected chi connectivity index (χ0v) is 50.4. The zero-order chi connectivity index (χ0) is 53.6. The first-order valence-corrected chi connectivity index (χ1v) is 33.7. The van der Waals surface area contributed by atoms with Crippen molar-refractivity contribution in [2.45, 2.75) is 393 Å². The average Bonchev–Trinajstić information content (AvgIpc) is 3.40. The average molecular weight is 1040 g/mol. The largest absolute Gasteiger partial charge is 0.462 e. The van der Waals surface area contributed by atoms with Gasteiger partial charge in [0.2, 0.25) is 0 Å². The summed E-state index contributed by atoms with van der Waals surface area (Å²) in [5.74, 6) is -0.842. The van der Waals surface area contributed by atoms with Gasteiger partial charge in [0.25, 0.3) is 0 Å². The highest BCUT2D eigenvalue weighted by molar-refractivity contribution is 5.71. The molecular weight excluding hydrogens is 913 g/mol. The van der Waals surface area contributed by atoms with E-state index >= 15 is 0 Å². The van der Waals surface area contributed by atoms with Crippen molar-refractivity contribution in [1.29, 1.82) is 0 Å². The topological polar surface area (TPSA) is 78.9 Å². The summed E-state index contributed by atoms with van der Waals surface area (Å²) in [6.07, 6.45) is 75.2. The molecule has 0 saturated carbocycles. The van der Waals surface area contributed by atoms with Gasteiger partial charge in [-0.05, 0) is 44.9 Å². The molecule has 0 bridgehead atoms. The van der Waals surface area contributed by atoms with Gasteiger partial charge in [0.1, 0.15) is 13.2 Å². The fourth-order valence-corrected chi connectivity index (χ4v) is 10.4. The Balaban J connectivity index is 4.21. The summed E-state index contributed by atoms with van der Waals surface area (Å²) in [6, 6.07) is 0. The molecule has 0 heterocycles. The number of ether oxygens (including phenoxy) is 3. The molecule has 0 N–H and O–H groups in total. The van der Waals surface area contributed by atoms with E-state index in [0.717, 1.165) is 64.2 Å². The van der Waals surface area contributed by atoms with Crippen LogP contribution in [-0.4, -0.2) is 37.2 Å². The number of unbranched alkanes of at least 4 members (excludes halogenated alkanes) is 50. The van der Waals surface area contributed by atoms with E-state index in [-0.39, 0.29) is 31.1 Å². The second kappa shape index (κ2) is 63.7. The van der Waals surface area contributed by atoms with Crippen LogP contribution in [0.2, 0.25) is 0 Å². The fourth-order valence-electron chi connectivity index (χ4n) is 10.4. The Bertz CT molecular complexity index is 1150. The van der Waals surface area contributed by atoms with Crippen molar-refractivity contribution < 1.29 is 28.6 Å². The van der Waals surface area contributed by atoms with Crippen LogP contribution in [0.25, 0.3) is 0 Å². The lowest BCUT2D eigenvalue weighted by molar-refractivity contribution is -0.167. The van der Waals surface area contributed by atoms with Crippen LogP contribution in [0.1, 0.15) is 387 Å². The number of hydrogen-bond donors (Lipinski definition) is 0. The standard InChI is InChI=1S/C68H130O6/c1-4-7-10-13-16-19-22-25-28-30-31-32-33-34-35-36-37-39-40-43-46-49-52-55-58-61-67(70)73-64-65(63-72-66(69)60-57-54-51-48-45-42-27-24-21-18-15-12-9-6-3)74-68(71)62-59-56-53-50-47-44-41-38-29-26-23-20-17-14-11-8-5-2/h24,27,65H,4-23,25-26,28-64H2,1-3H3/b27-24-. The molecule has 6 heteroatoms. The SMILES string of the molecule is CCCCCCC/C=C\CCCCCCCC(=O)OCC(COC(=O)CCCCCCCCCCCCCCCCCCCCCCCCCCC)OC(=O)CCCCCCCCCCCCCCCCCCC. The van der Waals surface area contributed by atoms with Gasteiger partial charge in [-0.2, -0.15) is 0 Å². The van der Waals surface area contributed by atoms with E-state index in [0.29, 0.717) is 19.3 Å². The predicted molar refractivity (Wildman–Crippen MR) is 321 cm³/mol. The summed E-state index contributed by atoms with van der Waals surface area (Å²) in [5, 5.41) is 0. The molecule has 0 aliphatic carbocycles. The Kier molecular flexibility index (Phi) is 62.1. The molecule has 0 spiro atoms. The maximum absolute atomic E-state index is 12.9. The Morgan fingerprint density at radius 3 is 0.676 bits per heavy atom. The van der Waals surface area contributed by atoms with E-state index in [2.05, 4.69) is 32.9 Å². The van der Waals surface area contributed by atoms with E-state index in [9.17, 15) is 14.4 Å². The summed E-state index contributed by atoms with van der Waals surface area (Å²) in [7, 11) is 0. The van der Waals surface area contributed by atoms with E-state index in [4.69, 9.17) is 14.2 Å². The van der Waals surface area contributed by atoms with Crippen molar-refractivity contribution in [3.05, 3.63) is 12.2 Å². The first kappa shape index (κ1) is 72.2. The Morgan fingerprint density at radius 2 is 0.446 bits per heavy atom. The number of rotatable bonds is 63. The molecule has 0 aromatic heterocycles. The summed E-state index contributed by atoms with van der Waals surface area (Å²) >= 11 is 0. The van der Waals surface area contributed by atoms with Gasteiger partial charge in [0, 0.05) is 19.3 Å². The van der Waals surface area contributed by atoms with Crippen LogP contribution in [0.5, 0.6) is 0 Å². The monoisotopic (exact) mass is 1040 g/mol. The first-order chi connectivity index (χ1) is 36.5. The van der Waals surface area contributed by atoms with Gasteiger partial charge in [-0.15, -0.1) is 0 Å². The number of hydrogen-bond acceptors (Lipinski definition) is 6. The molecule has 0 aliphatic rings. The number of carbonyl (C=O) groups is 3. The molecular formula is C68H130O6. The molecule has 0 saturated heterocycles. The lowest BCUT2D eigenvalue weighted by Gasteiger charge is -2.18. The highest BCUT2D eigenvalue weighted by Gasteiger charge is 2.19. The molecule has 0 rings (SSSR count). The minimum atomic E-state index is -0.769. The smallest absolute Gasteiger partial charge is 0.306 e. The minimum absolute atomic E-state index is 0.0658. The van der Waals surface area contributed by atoms with E-state index < -0.39 is 6.10 Å². The summed E-state index contributed by atoms with van der Waals surface area (Å²) < 4.78 is 17.0. The molecule has 0 fully saturated rings. The normalized spacial score (nSPS) is 12.0. The molecule has 0 amide bonds. The Labute approximate surface area is 462 Å². The van der Waals surface area contributed by atoms with Crippen LogP contribution in [-0.2, 0) is 28.6 Å². The summed E-state index contributed by atoms with van der Waals surface area (Å²) in [5.41, 5.74) is 0. The van der Waals surface area contributed by atoms with Gasteiger partial charge in [-0.25, -0.2) is 0 Å². The molecule has 0 aromatic rings. The lowest BCUT2D eigenvalue weighted by Crippen LogP contribution is -2.30. The second-order valence-corrected chi connectivity index (χ2v) is 23.1. The van der Waals surface area contributed by atoms with E-state index in [1.807, 2.05) is 0 Å². The summed E-state index contributed by atoms with van der Waals surface area (Å²) in [4.78, 5) is 38.3. The van der Waals surface area contributed by atoms with Crippen molar-refractivity contribution >= 4 is 17.9 Å². The van der Waals surface area contributed by atoms with Gasteiger partial charge in [-0.1, -0.05) is 335 Å². The zero-order valence-electron chi connectivity index (χ0n) is 50.4. The lowest BCUT2D eigenvalue weighted by atomic mass is 10.0. The highest BCUT2D eigenvalue weighted by atomic mass is 16.6. The van der Waals surface area contributed by atoms with Crippen LogP contribution in [0, 0.1) is 0 Å². The van der Waals surface area contributed by atoms with Crippen molar-refractivity contribution in [2.24, 2.45) is 0 Å². The highest BCUT2D eigenvalue weighted by Crippen LogP contribution is 2.19. The van der Waals surface area contributed by atoms with Crippen molar-refractivity contribution in [3.8, 4) is 0 Å². The number of allylic oxidation sites excluding steroid dienone is 2. The maximum Gasteiger partial charge on any atom is 0.306 e. The van der Waals surface area contributed by atoms with Gasteiger partial charge in [-0.3, -0.25) is 14.4 Å². The molecule has 74 heavy (non-hydrogen) atoms. The molecule has 1 unspecified atom stereocenters. The van der Waals surface area contributed by atoms with E-state index in [1.54, 1.807) is 0 Å². The van der Waals surface area contributed by atoms with Crippen LogP contribution in [0.3, 0.4) is 0 Å². The fraction of sp³-hybridized carbons (Fsp3) is 0.926. The quantitative estimate of drug-likeness (QED) is 0.0261. The Morgan fingerprint density at radius 1 is 0.257 bits per heavy atom. The van der Waals surface area contributed by atoms with Gasteiger partial charge in [0.15, 0.2) is 6.10 Å². The van der Waals surface area contributed by atoms with Crippen molar-refractivity contribution in [1.82, 2.24) is 0 Å². The molecule has 1 atom stereocenters. The van der Waals surface area contributed by atoms with Crippen LogP contribution in [0.4, 0.5) is 0 Å². The van der Waals surface area contributed by atoms with Gasteiger partial charge < -0.3 is 14.2 Å². The molecule has 0 aliphatic heterocycles. The Hall–Kier alpha value is -1.85. The predicted octanol–water partition coefficient (Wildman–Crippen LogP) is 22.8. The third-order valence-corrected chi connectivity index (χ3v) is 15.5. The first-order valence-electron chi connectivity index (χ1n) is 33.7. The third kappa shape index (κ3) is 61.0. The molecule has 0 radical (unpaired) electrons. The summed E-state index contributed by atoms with van der Waals surface area (Å²) in [6.45, 7) is 6.71. The minimum Gasteiger partial charge on any atom is -0.462 e. The van der Waals surface area contributed by atoms with Crippen LogP contribution < -0.4 is 0 Å². The third-order valence-electron chi connectivity index (χ3n) is 15.5. The number of esters is 3. The second-order valence-electron chi connectivity index (χ2n) is 23.1. The van der Waals surface area contributed by atoms with Crippen LogP contribution in [0.15, 0.2) is 12.2 Å².